The fourth-order valence-corrected chi connectivity index (χ4v) is 3.02. The first-order chi connectivity index (χ1) is 12.3. The number of aliphatic hydroxyl groups excluding tert-OH is 1. The van der Waals surface area contributed by atoms with E-state index in [9.17, 15) is 14.7 Å². The molecule has 8 heteroatoms. The van der Waals surface area contributed by atoms with E-state index >= 15 is 0 Å². The van der Waals surface area contributed by atoms with Crippen LogP contribution in [-0.4, -0.2) is 36.5 Å². The standard InChI is InChI=1S/C18H22N4O4/c1-11-6-5-7-12(2)15(11)26-9-13(23)8-22-10-19-16-14(22)17(24)21(4)18(25)20(16)3/h5-7,10,13,23H,8-9H2,1-4H3. The maximum atomic E-state index is 12.4. The molecule has 2 aromatic heterocycles. The summed E-state index contributed by atoms with van der Waals surface area (Å²) in [5.74, 6) is 0.750. The highest BCUT2D eigenvalue weighted by molar-refractivity contribution is 5.69. The molecule has 8 nitrogen and oxygen atoms in total. The van der Waals surface area contributed by atoms with Crippen LogP contribution in [0.15, 0.2) is 34.1 Å². The van der Waals surface area contributed by atoms with Crippen LogP contribution in [0.3, 0.4) is 0 Å². The van der Waals surface area contributed by atoms with Crippen molar-refractivity contribution in [1.29, 1.82) is 0 Å². The van der Waals surface area contributed by atoms with Gasteiger partial charge in [0.15, 0.2) is 11.2 Å². The minimum atomic E-state index is -0.839. The second-order valence-corrected chi connectivity index (χ2v) is 6.46. The number of benzene rings is 1. The number of para-hydroxylation sites is 1. The van der Waals surface area contributed by atoms with Crippen molar-refractivity contribution in [2.24, 2.45) is 14.1 Å². The predicted octanol–water partition coefficient (Wildman–Crippen LogP) is 0.490. The smallest absolute Gasteiger partial charge is 0.332 e. The van der Waals surface area contributed by atoms with Gasteiger partial charge in [-0.25, -0.2) is 9.78 Å². The van der Waals surface area contributed by atoms with Crippen LogP contribution in [-0.2, 0) is 20.6 Å². The van der Waals surface area contributed by atoms with Crippen LogP contribution in [0.25, 0.3) is 11.2 Å². The number of imidazole rings is 1. The number of hydrogen-bond acceptors (Lipinski definition) is 5. The van der Waals surface area contributed by atoms with Crippen molar-refractivity contribution in [3.05, 3.63) is 56.5 Å². The van der Waals surface area contributed by atoms with Crippen molar-refractivity contribution in [2.75, 3.05) is 6.61 Å². The first-order valence-corrected chi connectivity index (χ1v) is 8.29. The van der Waals surface area contributed by atoms with E-state index in [0.717, 1.165) is 21.4 Å². The second-order valence-electron chi connectivity index (χ2n) is 6.46. The zero-order valence-electron chi connectivity index (χ0n) is 15.3. The summed E-state index contributed by atoms with van der Waals surface area (Å²) in [6, 6.07) is 5.84. The molecule has 0 spiro atoms. The molecule has 1 aromatic carbocycles. The van der Waals surface area contributed by atoms with Crippen LogP contribution in [0, 0.1) is 13.8 Å². The number of aromatic nitrogens is 4. The third kappa shape index (κ3) is 3.03. The molecule has 1 unspecified atom stereocenters. The molecule has 1 atom stereocenters. The molecule has 26 heavy (non-hydrogen) atoms. The van der Waals surface area contributed by atoms with Crippen LogP contribution in [0.5, 0.6) is 5.75 Å². The molecule has 0 fully saturated rings. The van der Waals surface area contributed by atoms with Crippen LogP contribution in [0.2, 0.25) is 0 Å². The van der Waals surface area contributed by atoms with Gasteiger partial charge in [0.05, 0.1) is 12.9 Å². The van der Waals surface area contributed by atoms with Crippen molar-refractivity contribution < 1.29 is 9.84 Å². The van der Waals surface area contributed by atoms with Gasteiger partial charge in [-0.3, -0.25) is 13.9 Å². The minimum absolute atomic E-state index is 0.0808. The number of nitrogens with zero attached hydrogens (tertiary/aromatic N) is 4. The van der Waals surface area contributed by atoms with Gasteiger partial charge in [-0.1, -0.05) is 18.2 Å². The zero-order chi connectivity index (χ0) is 19.0. The summed E-state index contributed by atoms with van der Waals surface area (Å²) in [7, 11) is 2.98. The lowest BCUT2D eigenvalue weighted by Crippen LogP contribution is -2.38. The third-order valence-electron chi connectivity index (χ3n) is 4.45. The molecular formula is C18H22N4O4. The molecule has 0 saturated carbocycles. The highest BCUT2D eigenvalue weighted by Gasteiger charge is 2.17. The maximum absolute atomic E-state index is 12.4. The van der Waals surface area contributed by atoms with Crippen molar-refractivity contribution in [2.45, 2.75) is 26.5 Å². The maximum Gasteiger partial charge on any atom is 0.332 e. The Morgan fingerprint density at radius 1 is 1.15 bits per heavy atom. The van der Waals surface area contributed by atoms with Gasteiger partial charge >= 0.3 is 5.69 Å². The van der Waals surface area contributed by atoms with Crippen molar-refractivity contribution in [1.82, 2.24) is 18.7 Å². The predicted molar refractivity (Wildman–Crippen MR) is 97.6 cm³/mol. The quantitative estimate of drug-likeness (QED) is 0.717. The van der Waals surface area contributed by atoms with Gasteiger partial charge in [-0.15, -0.1) is 0 Å². The van der Waals surface area contributed by atoms with E-state index in [0.29, 0.717) is 5.65 Å². The largest absolute Gasteiger partial charge is 0.490 e. The van der Waals surface area contributed by atoms with Gasteiger partial charge in [0.2, 0.25) is 0 Å². The average Bonchev–Trinajstić information content (AvgIpc) is 3.01. The summed E-state index contributed by atoms with van der Waals surface area (Å²) < 4.78 is 9.66. The van der Waals surface area contributed by atoms with Crippen LogP contribution in [0.4, 0.5) is 0 Å². The molecule has 1 N–H and O–H groups in total. The molecule has 138 valence electrons. The number of aliphatic hydroxyl groups is 1. The van der Waals surface area contributed by atoms with Gasteiger partial charge < -0.3 is 14.4 Å². The fourth-order valence-electron chi connectivity index (χ4n) is 3.02. The average molecular weight is 358 g/mol. The van der Waals surface area contributed by atoms with E-state index in [2.05, 4.69) is 4.98 Å². The summed E-state index contributed by atoms with van der Waals surface area (Å²) in [5.41, 5.74) is 1.68. The van der Waals surface area contributed by atoms with Gasteiger partial charge in [0, 0.05) is 14.1 Å². The molecule has 0 bridgehead atoms. The molecule has 2 heterocycles. The van der Waals surface area contributed by atoms with E-state index in [1.165, 1.54) is 17.9 Å². The Labute approximate surface area is 149 Å². The lowest BCUT2D eigenvalue weighted by molar-refractivity contribution is 0.0927. The normalized spacial score (nSPS) is 12.5. The summed E-state index contributed by atoms with van der Waals surface area (Å²) >= 11 is 0. The third-order valence-corrected chi connectivity index (χ3v) is 4.45. The van der Waals surface area contributed by atoms with E-state index in [4.69, 9.17) is 4.74 Å². The first kappa shape index (κ1) is 17.9. The van der Waals surface area contributed by atoms with E-state index in [-0.39, 0.29) is 18.7 Å². The molecule has 3 aromatic rings. The first-order valence-electron chi connectivity index (χ1n) is 8.29. The van der Waals surface area contributed by atoms with E-state index in [1.807, 2.05) is 32.0 Å². The van der Waals surface area contributed by atoms with Crippen LogP contribution < -0.4 is 16.0 Å². The van der Waals surface area contributed by atoms with Gasteiger partial charge in [-0.2, -0.15) is 0 Å². The molecule has 0 radical (unpaired) electrons. The Hall–Kier alpha value is -2.87. The number of hydrogen-bond donors (Lipinski definition) is 1. The zero-order valence-corrected chi connectivity index (χ0v) is 15.3. The van der Waals surface area contributed by atoms with Gasteiger partial charge in [0.1, 0.15) is 18.5 Å². The monoisotopic (exact) mass is 358 g/mol. The lowest BCUT2D eigenvalue weighted by atomic mass is 10.1. The summed E-state index contributed by atoms with van der Waals surface area (Å²) in [6.45, 7) is 4.11. The topological polar surface area (TPSA) is 91.3 Å². The highest BCUT2D eigenvalue weighted by Crippen LogP contribution is 2.22. The van der Waals surface area contributed by atoms with Crippen LogP contribution in [0.1, 0.15) is 11.1 Å². The number of rotatable bonds is 5. The molecule has 0 aliphatic rings. The summed E-state index contributed by atoms with van der Waals surface area (Å²) in [5, 5.41) is 10.4. The Morgan fingerprint density at radius 3 is 2.46 bits per heavy atom. The summed E-state index contributed by atoms with van der Waals surface area (Å²) in [6.07, 6.45) is 0.613. The molecule has 0 amide bonds. The Bertz CT molecular complexity index is 1060. The number of aryl methyl sites for hydroxylation is 3. The van der Waals surface area contributed by atoms with Gasteiger partial charge in [-0.05, 0) is 25.0 Å². The Kier molecular flexibility index (Phi) is 4.69. The number of ether oxygens (including phenoxy) is 1. The van der Waals surface area contributed by atoms with E-state index < -0.39 is 17.4 Å². The highest BCUT2D eigenvalue weighted by atomic mass is 16.5. The van der Waals surface area contributed by atoms with Crippen molar-refractivity contribution >= 4 is 11.2 Å². The van der Waals surface area contributed by atoms with E-state index in [1.54, 1.807) is 11.6 Å². The van der Waals surface area contributed by atoms with Crippen molar-refractivity contribution in [3.8, 4) is 5.75 Å². The van der Waals surface area contributed by atoms with Crippen LogP contribution >= 0.6 is 0 Å². The molecule has 0 aliphatic heterocycles. The molecule has 0 saturated heterocycles. The molecule has 3 rings (SSSR count). The fraction of sp³-hybridized carbons (Fsp3) is 0.389. The van der Waals surface area contributed by atoms with Crippen molar-refractivity contribution in [3.63, 3.8) is 0 Å². The number of fused-ring (bicyclic) bond motifs is 1. The Morgan fingerprint density at radius 2 is 1.81 bits per heavy atom. The minimum Gasteiger partial charge on any atom is -0.490 e. The molecular weight excluding hydrogens is 336 g/mol. The molecule has 0 aliphatic carbocycles. The summed E-state index contributed by atoms with van der Waals surface area (Å²) in [4.78, 5) is 28.5. The SMILES string of the molecule is Cc1cccc(C)c1OCC(O)Cn1cnc2c1c(=O)n(C)c(=O)n2C. The Balaban J connectivity index is 1.83. The van der Waals surface area contributed by atoms with Gasteiger partial charge in [0.25, 0.3) is 5.56 Å². The lowest BCUT2D eigenvalue weighted by Gasteiger charge is -2.16. The second kappa shape index (κ2) is 6.80.